The number of non-ortho nitro benzene ring substituents is 1. The molecule has 1 heterocycles. The molecule has 1 fully saturated rings. The van der Waals surface area contributed by atoms with Crippen molar-refractivity contribution in [2.24, 2.45) is 0 Å². The van der Waals surface area contributed by atoms with Crippen LogP contribution in [0.25, 0.3) is 0 Å². The zero-order valence-electron chi connectivity index (χ0n) is 8.48. The average Bonchev–Trinajstić information content (AvgIpc) is 2.73. The number of benzene rings is 1. The summed E-state index contributed by atoms with van der Waals surface area (Å²) in [4.78, 5) is 10.2. The van der Waals surface area contributed by atoms with Crippen molar-refractivity contribution in [1.29, 1.82) is 0 Å². The number of nitro groups is 1. The molecule has 1 N–H and O–H groups in total. The van der Waals surface area contributed by atoms with Gasteiger partial charge in [-0.15, -0.1) is 0 Å². The van der Waals surface area contributed by atoms with Gasteiger partial charge in [0.25, 0.3) is 5.69 Å². The van der Waals surface area contributed by atoms with Crippen molar-refractivity contribution >= 4 is 27.3 Å². The fraction of sp³-hybridized carbons (Fsp3) is 0.400. The molecule has 1 unspecified atom stereocenters. The zero-order valence-corrected chi connectivity index (χ0v) is 10.1. The van der Waals surface area contributed by atoms with Gasteiger partial charge in [-0.05, 0) is 28.4 Å². The van der Waals surface area contributed by atoms with Crippen LogP contribution in [0.2, 0.25) is 0 Å². The van der Waals surface area contributed by atoms with Crippen LogP contribution in [0.1, 0.15) is 6.42 Å². The van der Waals surface area contributed by atoms with E-state index in [4.69, 9.17) is 4.74 Å². The van der Waals surface area contributed by atoms with E-state index in [-0.39, 0.29) is 11.7 Å². The standard InChI is InChI=1S/C10H11BrN2O3/c11-9-2-1-8(13(14)15)5-10(9)12-7-3-4-16-6-7/h1-2,5,7,12H,3-4,6H2. The van der Waals surface area contributed by atoms with E-state index in [0.29, 0.717) is 6.61 Å². The number of halogens is 1. The first-order valence-corrected chi connectivity index (χ1v) is 5.74. The van der Waals surface area contributed by atoms with Gasteiger partial charge in [0.05, 0.1) is 23.3 Å². The van der Waals surface area contributed by atoms with Crippen LogP contribution >= 0.6 is 15.9 Å². The van der Waals surface area contributed by atoms with Crippen LogP contribution in [0.15, 0.2) is 22.7 Å². The Labute approximate surface area is 101 Å². The third kappa shape index (κ3) is 2.51. The van der Waals surface area contributed by atoms with Gasteiger partial charge in [0.15, 0.2) is 0 Å². The van der Waals surface area contributed by atoms with Gasteiger partial charge < -0.3 is 10.1 Å². The van der Waals surface area contributed by atoms with Crippen molar-refractivity contribution in [3.8, 4) is 0 Å². The van der Waals surface area contributed by atoms with E-state index in [1.165, 1.54) is 12.1 Å². The van der Waals surface area contributed by atoms with E-state index in [9.17, 15) is 10.1 Å². The van der Waals surface area contributed by atoms with Crippen molar-refractivity contribution in [3.63, 3.8) is 0 Å². The summed E-state index contributed by atoms with van der Waals surface area (Å²) in [5, 5.41) is 13.9. The summed E-state index contributed by atoms with van der Waals surface area (Å²) in [6, 6.07) is 4.91. The molecule has 0 aromatic heterocycles. The molecule has 0 radical (unpaired) electrons. The highest BCUT2D eigenvalue weighted by Gasteiger charge is 2.17. The second-order valence-electron chi connectivity index (χ2n) is 3.63. The summed E-state index contributed by atoms with van der Waals surface area (Å²) in [6.45, 7) is 1.39. The molecule has 1 saturated heterocycles. The minimum absolute atomic E-state index is 0.0876. The van der Waals surface area contributed by atoms with Gasteiger partial charge in [-0.1, -0.05) is 0 Å². The number of anilines is 1. The smallest absolute Gasteiger partial charge is 0.271 e. The Hall–Kier alpha value is -1.14. The van der Waals surface area contributed by atoms with Gasteiger partial charge in [-0.25, -0.2) is 0 Å². The lowest BCUT2D eigenvalue weighted by molar-refractivity contribution is -0.384. The first-order valence-electron chi connectivity index (χ1n) is 4.95. The predicted molar refractivity (Wildman–Crippen MR) is 63.6 cm³/mol. The molecule has 16 heavy (non-hydrogen) atoms. The van der Waals surface area contributed by atoms with Gasteiger partial charge in [-0.3, -0.25) is 10.1 Å². The molecular formula is C10H11BrN2O3. The Kier molecular flexibility index (Phi) is 3.40. The van der Waals surface area contributed by atoms with E-state index in [1.54, 1.807) is 6.07 Å². The number of hydrogen-bond donors (Lipinski definition) is 1. The van der Waals surface area contributed by atoms with Crippen LogP contribution in [-0.2, 0) is 4.74 Å². The molecule has 0 aliphatic carbocycles. The molecule has 0 saturated carbocycles. The second-order valence-corrected chi connectivity index (χ2v) is 4.48. The molecule has 2 rings (SSSR count). The van der Waals surface area contributed by atoms with E-state index in [2.05, 4.69) is 21.2 Å². The number of hydrogen-bond acceptors (Lipinski definition) is 4. The highest BCUT2D eigenvalue weighted by atomic mass is 79.9. The highest BCUT2D eigenvalue weighted by Crippen LogP contribution is 2.28. The molecular weight excluding hydrogens is 276 g/mol. The van der Waals surface area contributed by atoms with E-state index >= 15 is 0 Å². The fourth-order valence-corrected chi connectivity index (χ4v) is 1.97. The summed E-state index contributed by atoms with van der Waals surface area (Å²) < 4.78 is 6.06. The number of ether oxygens (including phenoxy) is 1. The summed E-state index contributed by atoms with van der Waals surface area (Å²) in [6.07, 6.45) is 0.926. The van der Waals surface area contributed by atoms with Crippen LogP contribution in [0.4, 0.5) is 11.4 Å². The lowest BCUT2D eigenvalue weighted by Crippen LogP contribution is -2.19. The molecule has 1 aliphatic heterocycles. The zero-order chi connectivity index (χ0) is 11.5. The van der Waals surface area contributed by atoms with Gasteiger partial charge >= 0.3 is 0 Å². The molecule has 86 valence electrons. The maximum atomic E-state index is 10.6. The molecule has 1 aliphatic rings. The molecule has 6 heteroatoms. The van der Waals surface area contributed by atoms with Crippen LogP contribution in [-0.4, -0.2) is 24.2 Å². The van der Waals surface area contributed by atoms with E-state index in [1.807, 2.05) is 0 Å². The SMILES string of the molecule is O=[N+]([O-])c1ccc(Br)c(NC2CCOC2)c1. The third-order valence-electron chi connectivity index (χ3n) is 2.45. The largest absolute Gasteiger partial charge is 0.379 e. The second kappa shape index (κ2) is 4.80. The highest BCUT2D eigenvalue weighted by molar-refractivity contribution is 9.10. The quantitative estimate of drug-likeness (QED) is 0.685. The van der Waals surface area contributed by atoms with Crippen LogP contribution < -0.4 is 5.32 Å². The average molecular weight is 287 g/mol. The molecule has 0 bridgehead atoms. The Morgan fingerprint density at radius 1 is 1.56 bits per heavy atom. The van der Waals surface area contributed by atoms with Crippen LogP contribution in [0.3, 0.4) is 0 Å². The third-order valence-corrected chi connectivity index (χ3v) is 3.14. The lowest BCUT2D eigenvalue weighted by atomic mass is 10.2. The normalized spacial score (nSPS) is 19.7. The minimum atomic E-state index is -0.400. The summed E-state index contributed by atoms with van der Waals surface area (Å²) in [5.74, 6) is 0. The van der Waals surface area contributed by atoms with Crippen molar-refractivity contribution in [2.45, 2.75) is 12.5 Å². The monoisotopic (exact) mass is 286 g/mol. The molecule has 1 aromatic carbocycles. The van der Waals surface area contributed by atoms with Gasteiger partial charge in [0.1, 0.15) is 0 Å². The Balaban J connectivity index is 2.17. The molecule has 5 nitrogen and oxygen atoms in total. The first kappa shape index (κ1) is 11.3. The van der Waals surface area contributed by atoms with Crippen LogP contribution in [0, 0.1) is 10.1 Å². The van der Waals surface area contributed by atoms with E-state index in [0.717, 1.165) is 23.2 Å². The summed E-state index contributed by atoms with van der Waals surface area (Å²) >= 11 is 3.36. The van der Waals surface area contributed by atoms with E-state index < -0.39 is 4.92 Å². The van der Waals surface area contributed by atoms with Crippen molar-refractivity contribution in [1.82, 2.24) is 0 Å². The van der Waals surface area contributed by atoms with Crippen LogP contribution in [0.5, 0.6) is 0 Å². The first-order chi connectivity index (χ1) is 7.66. The maximum absolute atomic E-state index is 10.6. The summed E-state index contributed by atoms with van der Waals surface area (Å²) in [5.41, 5.74) is 0.828. The number of nitrogens with one attached hydrogen (secondary N) is 1. The van der Waals surface area contributed by atoms with Crippen molar-refractivity contribution < 1.29 is 9.66 Å². The maximum Gasteiger partial charge on any atom is 0.271 e. The number of rotatable bonds is 3. The Bertz CT molecular complexity index is 405. The predicted octanol–water partition coefficient (Wildman–Crippen LogP) is 2.56. The summed E-state index contributed by atoms with van der Waals surface area (Å²) in [7, 11) is 0. The Morgan fingerprint density at radius 2 is 2.38 bits per heavy atom. The number of nitro benzene ring substituents is 1. The minimum Gasteiger partial charge on any atom is -0.379 e. The topological polar surface area (TPSA) is 64.4 Å². The molecule has 1 aromatic rings. The van der Waals surface area contributed by atoms with Crippen molar-refractivity contribution in [3.05, 3.63) is 32.8 Å². The Morgan fingerprint density at radius 3 is 3.00 bits per heavy atom. The molecule has 1 atom stereocenters. The fourth-order valence-electron chi connectivity index (χ4n) is 1.61. The van der Waals surface area contributed by atoms with Gasteiger partial charge in [0, 0.05) is 23.2 Å². The molecule has 0 spiro atoms. The van der Waals surface area contributed by atoms with Gasteiger partial charge in [-0.2, -0.15) is 0 Å². The molecule has 0 amide bonds. The lowest BCUT2D eigenvalue weighted by Gasteiger charge is -2.13. The number of nitrogens with zero attached hydrogens (tertiary/aromatic N) is 1. The van der Waals surface area contributed by atoms with Gasteiger partial charge in [0.2, 0.25) is 0 Å². The van der Waals surface area contributed by atoms with Crippen molar-refractivity contribution in [2.75, 3.05) is 18.5 Å².